The number of rotatable bonds is 3. The van der Waals surface area contributed by atoms with Crippen LogP contribution in [-0.4, -0.2) is 39.8 Å². The number of anilines is 1. The van der Waals surface area contributed by atoms with Crippen molar-refractivity contribution in [3.8, 4) is 11.8 Å². The zero-order chi connectivity index (χ0) is 19.2. The second-order valence-electron chi connectivity index (χ2n) is 6.48. The average Bonchev–Trinajstić information content (AvgIpc) is 2.69. The summed E-state index contributed by atoms with van der Waals surface area (Å²) in [5, 5.41) is 2.90. The third-order valence-corrected chi connectivity index (χ3v) is 4.62. The highest BCUT2D eigenvalue weighted by atomic mass is 16.2. The number of nitrogens with one attached hydrogen (secondary N) is 1. The first-order valence-corrected chi connectivity index (χ1v) is 9.00. The average molecular weight is 362 g/mol. The molecule has 6 heteroatoms. The van der Waals surface area contributed by atoms with E-state index in [4.69, 9.17) is 0 Å². The van der Waals surface area contributed by atoms with Gasteiger partial charge in [-0.2, -0.15) is 0 Å². The van der Waals surface area contributed by atoms with Crippen LogP contribution in [0.3, 0.4) is 0 Å². The molecule has 138 valence electrons. The number of aromatic nitrogens is 2. The first-order valence-electron chi connectivity index (χ1n) is 9.00. The fourth-order valence-corrected chi connectivity index (χ4v) is 3.24. The molecular weight excluding hydrogens is 340 g/mol. The molecule has 3 rings (SSSR count). The Morgan fingerprint density at radius 2 is 1.89 bits per heavy atom. The predicted molar refractivity (Wildman–Crippen MR) is 103 cm³/mol. The van der Waals surface area contributed by atoms with Crippen molar-refractivity contribution in [2.75, 3.05) is 18.4 Å². The zero-order valence-electron chi connectivity index (χ0n) is 15.5. The van der Waals surface area contributed by atoms with Gasteiger partial charge < -0.3 is 10.2 Å². The second-order valence-corrected chi connectivity index (χ2v) is 6.48. The van der Waals surface area contributed by atoms with Gasteiger partial charge in [0.2, 0.25) is 0 Å². The molecule has 1 aliphatic heterocycles. The van der Waals surface area contributed by atoms with Gasteiger partial charge in [-0.05, 0) is 44.7 Å². The normalized spacial score (nSPS) is 14.2. The topological polar surface area (TPSA) is 75.2 Å². The van der Waals surface area contributed by atoms with E-state index in [0.29, 0.717) is 24.5 Å². The number of hydrogen-bond donors (Lipinski definition) is 1. The highest BCUT2D eigenvalue weighted by molar-refractivity contribution is 6.05. The van der Waals surface area contributed by atoms with Crippen LogP contribution in [-0.2, 0) is 4.79 Å². The van der Waals surface area contributed by atoms with Gasteiger partial charge in [0.15, 0.2) is 0 Å². The maximum Gasteiger partial charge on any atom is 0.298 e. The van der Waals surface area contributed by atoms with Crippen LogP contribution < -0.4 is 5.32 Å². The van der Waals surface area contributed by atoms with E-state index in [9.17, 15) is 9.59 Å². The summed E-state index contributed by atoms with van der Waals surface area (Å²) in [5.74, 6) is 5.62. The lowest BCUT2D eigenvalue weighted by molar-refractivity contribution is -0.126. The van der Waals surface area contributed by atoms with Crippen LogP contribution in [0.4, 0.5) is 5.69 Å². The molecule has 1 fully saturated rings. The lowest BCUT2D eigenvalue weighted by Gasteiger charge is -2.31. The van der Waals surface area contributed by atoms with Crippen molar-refractivity contribution in [3.05, 3.63) is 53.6 Å². The second kappa shape index (κ2) is 8.45. The molecule has 0 saturated carbocycles. The quantitative estimate of drug-likeness (QED) is 0.852. The van der Waals surface area contributed by atoms with E-state index in [1.807, 2.05) is 37.3 Å². The Kier molecular flexibility index (Phi) is 5.82. The standard InChI is InChI=1S/C21H22N4O2/c1-3-7-19(26)25-12-10-16(11-13-25)20-18(14-22-15(2)23-20)21(27)24-17-8-5-4-6-9-17/h4-6,8-9,14,16H,10-13H2,1-2H3,(H,24,27). The molecule has 0 unspecified atom stereocenters. The van der Waals surface area contributed by atoms with Crippen molar-refractivity contribution < 1.29 is 9.59 Å². The van der Waals surface area contributed by atoms with E-state index in [0.717, 1.165) is 24.2 Å². The molecule has 1 N–H and O–H groups in total. The molecule has 0 radical (unpaired) electrons. The van der Waals surface area contributed by atoms with Crippen LogP contribution in [0.1, 0.15) is 47.6 Å². The molecule has 2 amide bonds. The maximum atomic E-state index is 12.8. The van der Waals surface area contributed by atoms with Gasteiger partial charge in [0.25, 0.3) is 11.8 Å². The molecule has 6 nitrogen and oxygen atoms in total. The van der Waals surface area contributed by atoms with Gasteiger partial charge in [0.1, 0.15) is 5.82 Å². The van der Waals surface area contributed by atoms with Gasteiger partial charge in [0.05, 0.1) is 11.3 Å². The smallest absolute Gasteiger partial charge is 0.298 e. The Hall–Kier alpha value is -3.20. The third-order valence-electron chi connectivity index (χ3n) is 4.62. The Bertz CT molecular complexity index is 891. The van der Waals surface area contributed by atoms with Crippen molar-refractivity contribution >= 4 is 17.5 Å². The molecule has 1 aliphatic rings. The highest BCUT2D eigenvalue weighted by Crippen LogP contribution is 2.29. The van der Waals surface area contributed by atoms with Gasteiger partial charge in [-0.3, -0.25) is 9.59 Å². The SMILES string of the molecule is CC#CC(=O)N1CCC(c2nc(C)ncc2C(=O)Nc2ccccc2)CC1. The molecule has 1 saturated heterocycles. The molecule has 0 aliphatic carbocycles. The third kappa shape index (κ3) is 4.50. The minimum atomic E-state index is -0.216. The first-order chi connectivity index (χ1) is 13.1. The minimum Gasteiger partial charge on any atom is -0.332 e. The summed E-state index contributed by atoms with van der Waals surface area (Å²) >= 11 is 0. The number of hydrogen-bond acceptors (Lipinski definition) is 4. The Balaban J connectivity index is 1.77. The number of carbonyl (C=O) groups is 2. The molecule has 1 aromatic carbocycles. The van der Waals surface area contributed by atoms with Gasteiger partial charge in [-0.15, -0.1) is 0 Å². The van der Waals surface area contributed by atoms with Crippen LogP contribution >= 0.6 is 0 Å². The number of likely N-dealkylation sites (tertiary alicyclic amines) is 1. The summed E-state index contributed by atoms with van der Waals surface area (Å²) in [6.07, 6.45) is 3.09. The van der Waals surface area contributed by atoms with Gasteiger partial charge in [-0.1, -0.05) is 24.1 Å². The van der Waals surface area contributed by atoms with Crippen molar-refractivity contribution in [2.24, 2.45) is 0 Å². The predicted octanol–water partition coefficient (Wildman–Crippen LogP) is 2.77. The fourth-order valence-electron chi connectivity index (χ4n) is 3.24. The lowest BCUT2D eigenvalue weighted by Crippen LogP contribution is -2.37. The Morgan fingerprint density at radius 3 is 2.56 bits per heavy atom. The Morgan fingerprint density at radius 1 is 1.19 bits per heavy atom. The summed E-state index contributed by atoms with van der Waals surface area (Å²) in [6.45, 7) is 4.70. The van der Waals surface area contributed by atoms with Crippen LogP contribution in [0.2, 0.25) is 0 Å². The van der Waals surface area contributed by atoms with Crippen molar-refractivity contribution in [1.82, 2.24) is 14.9 Å². The minimum absolute atomic E-state index is 0.113. The number of nitrogens with zero attached hydrogens (tertiary/aromatic N) is 3. The van der Waals surface area contributed by atoms with Crippen molar-refractivity contribution in [1.29, 1.82) is 0 Å². The largest absolute Gasteiger partial charge is 0.332 e. The van der Waals surface area contributed by atoms with Gasteiger partial charge in [0, 0.05) is 30.9 Å². The first kappa shape index (κ1) is 18.6. The number of piperidine rings is 1. The van der Waals surface area contributed by atoms with E-state index < -0.39 is 0 Å². The van der Waals surface area contributed by atoms with E-state index >= 15 is 0 Å². The van der Waals surface area contributed by atoms with E-state index in [-0.39, 0.29) is 17.7 Å². The molecule has 27 heavy (non-hydrogen) atoms. The molecule has 0 bridgehead atoms. The summed E-state index contributed by atoms with van der Waals surface area (Å²) < 4.78 is 0. The van der Waals surface area contributed by atoms with Crippen molar-refractivity contribution in [2.45, 2.75) is 32.6 Å². The monoisotopic (exact) mass is 362 g/mol. The molecule has 2 aromatic rings. The molecular formula is C21H22N4O2. The number of amides is 2. The van der Waals surface area contributed by atoms with E-state index in [1.54, 1.807) is 18.0 Å². The zero-order valence-corrected chi connectivity index (χ0v) is 15.5. The van der Waals surface area contributed by atoms with Crippen LogP contribution in [0, 0.1) is 18.8 Å². The summed E-state index contributed by atoms with van der Waals surface area (Å²) in [6, 6.07) is 9.31. The number of benzene rings is 1. The van der Waals surface area contributed by atoms with Crippen LogP contribution in [0.15, 0.2) is 36.5 Å². The molecule has 1 aromatic heterocycles. The van der Waals surface area contributed by atoms with Crippen molar-refractivity contribution in [3.63, 3.8) is 0 Å². The number of aryl methyl sites for hydroxylation is 1. The van der Waals surface area contributed by atoms with Crippen LogP contribution in [0.5, 0.6) is 0 Å². The van der Waals surface area contributed by atoms with Gasteiger partial charge >= 0.3 is 0 Å². The van der Waals surface area contributed by atoms with Crippen LogP contribution in [0.25, 0.3) is 0 Å². The molecule has 0 atom stereocenters. The van der Waals surface area contributed by atoms with Gasteiger partial charge in [-0.25, -0.2) is 9.97 Å². The van der Waals surface area contributed by atoms with E-state index in [1.165, 1.54) is 0 Å². The lowest BCUT2D eigenvalue weighted by atomic mass is 9.90. The molecule has 0 spiro atoms. The number of carbonyl (C=O) groups excluding carboxylic acids is 2. The number of para-hydroxylation sites is 1. The Labute approximate surface area is 159 Å². The summed E-state index contributed by atoms with van der Waals surface area (Å²) in [5.41, 5.74) is 1.97. The maximum absolute atomic E-state index is 12.8. The summed E-state index contributed by atoms with van der Waals surface area (Å²) in [7, 11) is 0. The summed E-state index contributed by atoms with van der Waals surface area (Å²) in [4.78, 5) is 35.2. The molecule has 2 heterocycles. The fraction of sp³-hybridized carbons (Fsp3) is 0.333. The van der Waals surface area contributed by atoms with E-state index in [2.05, 4.69) is 27.1 Å². The highest BCUT2D eigenvalue weighted by Gasteiger charge is 2.27.